The molecular weight excluding hydrogens is 361 g/mol. The molecule has 5 nitrogen and oxygen atoms in total. The Morgan fingerprint density at radius 1 is 1.07 bits per heavy atom. The zero-order valence-electron chi connectivity index (χ0n) is 14.8. The summed E-state index contributed by atoms with van der Waals surface area (Å²) >= 11 is 0. The number of nitrogens with zero attached hydrogens (tertiary/aromatic N) is 1. The number of hydrogen-bond acceptors (Lipinski definition) is 3. The molecule has 0 fully saturated rings. The van der Waals surface area contributed by atoms with Crippen molar-refractivity contribution in [2.75, 3.05) is 25.1 Å². The maximum absolute atomic E-state index is 12.6. The zero-order chi connectivity index (χ0) is 20.0. The molecule has 1 N–H and O–H groups in total. The van der Waals surface area contributed by atoms with Crippen LogP contribution in [0.1, 0.15) is 22.8 Å². The van der Waals surface area contributed by atoms with Gasteiger partial charge in [-0.1, -0.05) is 12.1 Å². The van der Waals surface area contributed by atoms with Crippen molar-refractivity contribution in [2.45, 2.75) is 13.1 Å². The van der Waals surface area contributed by atoms with Crippen LogP contribution in [-0.4, -0.2) is 32.0 Å². The summed E-state index contributed by atoms with van der Waals surface area (Å²) in [5.41, 5.74) is -0.149. The van der Waals surface area contributed by atoms with Gasteiger partial charge in [-0.05, 0) is 36.4 Å². The van der Waals surface area contributed by atoms with Crippen LogP contribution >= 0.6 is 0 Å². The molecule has 0 saturated heterocycles. The largest absolute Gasteiger partial charge is 0.495 e. The third-order valence-corrected chi connectivity index (χ3v) is 3.85. The summed E-state index contributed by atoms with van der Waals surface area (Å²) in [4.78, 5) is 25.5. The molecule has 8 heteroatoms. The first-order valence-electron chi connectivity index (χ1n) is 8.10. The Morgan fingerprint density at radius 2 is 1.70 bits per heavy atom. The van der Waals surface area contributed by atoms with Gasteiger partial charge in [0.25, 0.3) is 5.91 Å². The van der Waals surface area contributed by atoms with Gasteiger partial charge in [0.2, 0.25) is 5.91 Å². The number of hydrogen-bond donors (Lipinski definition) is 1. The van der Waals surface area contributed by atoms with Crippen LogP contribution in [0.4, 0.5) is 18.9 Å². The van der Waals surface area contributed by atoms with Crippen molar-refractivity contribution in [3.63, 3.8) is 0 Å². The Hall–Kier alpha value is -3.03. The summed E-state index contributed by atoms with van der Waals surface area (Å²) < 4.78 is 42.9. The maximum Gasteiger partial charge on any atom is 0.416 e. The number of ether oxygens (including phenoxy) is 1. The van der Waals surface area contributed by atoms with Crippen molar-refractivity contribution in [3.05, 3.63) is 59.7 Å². The van der Waals surface area contributed by atoms with Crippen molar-refractivity contribution >= 4 is 17.5 Å². The normalized spacial score (nSPS) is 11.0. The quantitative estimate of drug-likeness (QED) is 0.835. The fourth-order valence-electron chi connectivity index (χ4n) is 2.49. The first kappa shape index (κ1) is 20.3. The second kappa shape index (κ2) is 8.57. The summed E-state index contributed by atoms with van der Waals surface area (Å²) in [6, 6.07) is 10.9. The van der Waals surface area contributed by atoms with E-state index in [9.17, 15) is 22.8 Å². The summed E-state index contributed by atoms with van der Waals surface area (Å²) in [6.07, 6.45) is -4.45. The first-order chi connectivity index (χ1) is 12.7. The number of para-hydroxylation sites is 2. The fraction of sp³-hybridized carbons (Fsp3) is 0.263. The minimum absolute atomic E-state index is 0.106. The third kappa shape index (κ3) is 5.22. The van der Waals surface area contributed by atoms with E-state index in [0.717, 1.165) is 24.3 Å². The highest BCUT2D eigenvalue weighted by atomic mass is 19.4. The number of rotatable bonds is 6. The van der Waals surface area contributed by atoms with Gasteiger partial charge in [-0.3, -0.25) is 9.59 Å². The predicted molar refractivity (Wildman–Crippen MR) is 94.8 cm³/mol. The molecule has 2 aromatic rings. The average molecular weight is 380 g/mol. The highest BCUT2D eigenvalue weighted by Gasteiger charge is 2.30. The molecule has 0 radical (unpaired) electrons. The Balaban J connectivity index is 2.00. The lowest BCUT2D eigenvalue weighted by atomic mass is 10.1. The van der Waals surface area contributed by atoms with E-state index in [2.05, 4.69) is 5.32 Å². The van der Waals surface area contributed by atoms with Crippen LogP contribution in [0.15, 0.2) is 48.5 Å². The number of carbonyl (C=O) groups is 2. The van der Waals surface area contributed by atoms with E-state index >= 15 is 0 Å². The summed E-state index contributed by atoms with van der Waals surface area (Å²) in [5.74, 6) is -0.239. The Labute approximate surface area is 154 Å². The van der Waals surface area contributed by atoms with E-state index in [0.29, 0.717) is 11.4 Å². The van der Waals surface area contributed by atoms with Crippen molar-refractivity contribution in [1.82, 2.24) is 5.32 Å². The summed E-state index contributed by atoms with van der Waals surface area (Å²) in [7, 11) is 1.49. The molecule has 27 heavy (non-hydrogen) atoms. The number of anilines is 1. The molecule has 0 heterocycles. The van der Waals surface area contributed by atoms with Crippen LogP contribution in [0.5, 0.6) is 5.75 Å². The van der Waals surface area contributed by atoms with Gasteiger partial charge < -0.3 is 15.0 Å². The van der Waals surface area contributed by atoms with Gasteiger partial charge in [-0.15, -0.1) is 0 Å². The molecule has 0 saturated carbocycles. The van der Waals surface area contributed by atoms with Crippen LogP contribution in [-0.2, 0) is 11.0 Å². The van der Waals surface area contributed by atoms with E-state index in [1.54, 1.807) is 24.3 Å². The number of benzene rings is 2. The van der Waals surface area contributed by atoms with Gasteiger partial charge in [0.05, 0.1) is 18.4 Å². The van der Waals surface area contributed by atoms with E-state index in [1.807, 2.05) is 0 Å². The molecule has 0 bridgehead atoms. The molecule has 0 unspecified atom stereocenters. The van der Waals surface area contributed by atoms with Gasteiger partial charge in [0.15, 0.2) is 0 Å². The molecule has 2 amide bonds. The molecule has 0 aromatic heterocycles. The molecular formula is C19H19F3N2O3. The van der Waals surface area contributed by atoms with Crippen LogP contribution in [0.2, 0.25) is 0 Å². The summed E-state index contributed by atoms with van der Waals surface area (Å²) in [6.45, 7) is 1.70. The van der Waals surface area contributed by atoms with Gasteiger partial charge in [0.1, 0.15) is 5.75 Å². The minimum Gasteiger partial charge on any atom is -0.495 e. The number of carbonyl (C=O) groups excluding carboxylic acids is 2. The number of methoxy groups -OCH3 is 1. The Kier molecular flexibility index (Phi) is 6.44. The smallest absolute Gasteiger partial charge is 0.416 e. The maximum atomic E-state index is 12.6. The van der Waals surface area contributed by atoms with Crippen LogP contribution in [0, 0.1) is 0 Å². The average Bonchev–Trinajstić information content (AvgIpc) is 2.64. The SMILES string of the molecule is COc1ccccc1N(CCNC(=O)c1ccc(C(F)(F)F)cc1)C(C)=O. The monoisotopic (exact) mass is 380 g/mol. The predicted octanol–water partition coefficient (Wildman–Crippen LogP) is 3.50. The molecule has 2 rings (SSSR count). The fourth-order valence-corrected chi connectivity index (χ4v) is 2.49. The van der Waals surface area contributed by atoms with E-state index in [-0.39, 0.29) is 24.6 Å². The van der Waals surface area contributed by atoms with E-state index < -0.39 is 17.6 Å². The third-order valence-electron chi connectivity index (χ3n) is 3.85. The Bertz CT molecular complexity index is 805. The van der Waals surface area contributed by atoms with Gasteiger partial charge in [-0.25, -0.2) is 0 Å². The van der Waals surface area contributed by atoms with E-state index in [4.69, 9.17) is 4.74 Å². The minimum atomic E-state index is -4.45. The molecule has 0 atom stereocenters. The Morgan fingerprint density at radius 3 is 2.26 bits per heavy atom. The standard InChI is InChI=1S/C19H19F3N2O3/c1-13(25)24(16-5-3-4-6-17(16)27-2)12-11-23-18(26)14-7-9-15(10-8-14)19(20,21)22/h3-10H,11-12H2,1-2H3,(H,23,26). The molecule has 0 spiro atoms. The molecule has 2 aromatic carbocycles. The number of nitrogens with one attached hydrogen (secondary N) is 1. The molecule has 0 aliphatic carbocycles. The lowest BCUT2D eigenvalue weighted by Gasteiger charge is -2.23. The highest BCUT2D eigenvalue weighted by molar-refractivity contribution is 5.95. The van der Waals surface area contributed by atoms with Crippen LogP contribution in [0.25, 0.3) is 0 Å². The van der Waals surface area contributed by atoms with Crippen molar-refractivity contribution < 1.29 is 27.5 Å². The lowest BCUT2D eigenvalue weighted by Crippen LogP contribution is -2.37. The van der Waals surface area contributed by atoms with Crippen molar-refractivity contribution in [1.29, 1.82) is 0 Å². The number of amides is 2. The number of halogens is 3. The van der Waals surface area contributed by atoms with Crippen LogP contribution in [0.3, 0.4) is 0 Å². The van der Waals surface area contributed by atoms with Crippen molar-refractivity contribution in [3.8, 4) is 5.75 Å². The zero-order valence-corrected chi connectivity index (χ0v) is 14.8. The number of alkyl halides is 3. The second-order valence-corrected chi connectivity index (χ2v) is 5.67. The van der Waals surface area contributed by atoms with Gasteiger partial charge in [0, 0.05) is 25.6 Å². The highest BCUT2D eigenvalue weighted by Crippen LogP contribution is 2.29. The van der Waals surface area contributed by atoms with Gasteiger partial charge >= 0.3 is 6.18 Å². The first-order valence-corrected chi connectivity index (χ1v) is 8.10. The second-order valence-electron chi connectivity index (χ2n) is 5.67. The van der Waals surface area contributed by atoms with Gasteiger partial charge in [-0.2, -0.15) is 13.2 Å². The van der Waals surface area contributed by atoms with E-state index in [1.165, 1.54) is 18.9 Å². The summed E-state index contributed by atoms with van der Waals surface area (Å²) in [5, 5.41) is 2.59. The topological polar surface area (TPSA) is 58.6 Å². The lowest BCUT2D eigenvalue weighted by molar-refractivity contribution is -0.137. The van der Waals surface area contributed by atoms with Crippen LogP contribution < -0.4 is 15.0 Å². The molecule has 144 valence electrons. The molecule has 0 aliphatic heterocycles. The molecule has 0 aliphatic rings. The van der Waals surface area contributed by atoms with Crippen molar-refractivity contribution in [2.24, 2.45) is 0 Å².